The zero-order chi connectivity index (χ0) is 25.6. The molecule has 34 heavy (non-hydrogen) atoms. The number of hydrogen-bond acceptors (Lipinski definition) is 6. The predicted molar refractivity (Wildman–Crippen MR) is 129 cm³/mol. The third kappa shape index (κ3) is 12.4. The van der Waals surface area contributed by atoms with Crippen molar-refractivity contribution in [2.75, 3.05) is 0 Å². The minimum atomic E-state index is -1.09. The first-order chi connectivity index (χ1) is 16.0. The summed E-state index contributed by atoms with van der Waals surface area (Å²) in [6.45, 7) is 5.17. The van der Waals surface area contributed by atoms with Gasteiger partial charge in [-0.05, 0) is 38.3 Å². The summed E-state index contributed by atoms with van der Waals surface area (Å²) in [4.78, 5) is 34.1. The van der Waals surface area contributed by atoms with E-state index < -0.39 is 29.7 Å². The van der Waals surface area contributed by atoms with Gasteiger partial charge in [-0.3, -0.25) is 4.79 Å². The van der Waals surface area contributed by atoms with E-state index in [-0.39, 0.29) is 25.0 Å². The van der Waals surface area contributed by atoms with Gasteiger partial charge in [-0.15, -0.1) is 0 Å². The third-order valence-corrected chi connectivity index (χ3v) is 4.47. The van der Waals surface area contributed by atoms with Gasteiger partial charge in [0.2, 0.25) is 0 Å². The predicted octanol–water partition coefficient (Wildman–Crippen LogP) is 3.64. The first-order valence-electron chi connectivity index (χ1n) is 11.0. The largest absolute Gasteiger partial charge is 0.480 e. The fourth-order valence-electron chi connectivity index (χ4n) is 2.85. The van der Waals surface area contributed by atoms with E-state index in [0.717, 1.165) is 11.1 Å². The summed E-state index contributed by atoms with van der Waals surface area (Å²) in [5, 5.41) is 19.8. The molecule has 0 spiro atoms. The van der Waals surface area contributed by atoms with Gasteiger partial charge >= 0.3 is 12.1 Å². The molecule has 2 atom stereocenters. The molecule has 8 nitrogen and oxygen atoms in total. The molecule has 0 unspecified atom stereocenters. The molecule has 0 aliphatic carbocycles. The van der Waals surface area contributed by atoms with Crippen molar-refractivity contribution in [3.8, 4) is 6.07 Å². The Balaban J connectivity index is 0.000000350. The number of nitriles is 1. The summed E-state index contributed by atoms with van der Waals surface area (Å²) >= 11 is 0. The number of carbonyl (C=O) groups excluding carboxylic acids is 2. The molecule has 0 saturated carbocycles. The molecule has 0 aliphatic rings. The van der Waals surface area contributed by atoms with Gasteiger partial charge in [-0.1, -0.05) is 60.7 Å². The quantitative estimate of drug-likeness (QED) is 0.511. The highest BCUT2D eigenvalue weighted by Gasteiger charge is 2.24. The van der Waals surface area contributed by atoms with Crippen molar-refractivity contribution in [1.82, 2.24) is 5.32 Å². The first kappa shape index (κ1) is 28.3. The van der Waals surface area contributed by atoms with E-state index in [9.17, 15) is 14.4 Å². The fourth-order valence-corrected chi connectivity index (χ4v) is 2.85. The number of Topliss-reactive ketones (excluding diaryl/α,β-unsaturated/α-hetero) is 1. The zero-order valence-electron chi connectivity index (χ0n) is 19.9. The lowest BCUT2D eigenvalue weighted by atomic mass is 10.0. The van der Waals surface area contributed by atoms with Crippen LogP contribution < -0.4 is 11.1 Å². The smallest absolute Gasteiger partial charge is 0.408 e. The van der Waals surface area contributed by atoms with Crippen LogP contribution in [-0.2, 0) is 27.2 Å². The molecule has 0 aliphatic heterocycles. The summed E-state index contributed by atoms with van der Waals surface area (Å²) in [6.07, 6.45) is 0.544. The Morgan fingerprint density at radius 1 is 1.00 bits per heavy atom. The minimum Gasteiger partial charge on any atom is -0.480 e. The maximum Gasteiger partial charge on any atom is 0.408 e. The van der Waals surface area contributed by atoms with Gasteiger partial charge in [0.05, 0.1) is 12.1 Å². The van der Waals surface area contributed by atoms with Gasteiger partial charge in [-0.2, -0.15) is 5.26 Å². The Morgan fingerprint density at radius 2 is 1.50 bits per heavy atom. The first-order valence-corrected chi connectivity index (χ1v) is 11.0. The van der Waals surface area contributed by atoms with E-state index >= 15 is 0 Å². The summed E-state index contributed by atoms with van der Waals surface area (Å²) < 4.78 is 5.04. The van der Waals surface area contributed by atoms with Crippen molar-refractivity contribution in [1.29, 1.82) is 5.26 Å². The van der Waals surface area contributed by atoms with Gasteiger partial charge < -0.3 is 20.9 Å². The van der Waals surface area contributed by atoms with Crippen molar-refractivity contribution in [3.05, 3.63) is 71.8 Å². The van der Waals surface area contributed by atoms with Crippen LogP contribution >= 0.6 is 0 Å². The lowest BCUT2D eigenvalue weighted by Crippen LogP contribution is -2.44. The Bertz CT molecular complexity index is 950. The number of nitrogens with one attached hydrogen (secondary N) is 1. The number of nitrogens with two attached hydrogens (primary N) is 1. The van der Waals surface area contributed by atoms with Crippen molar-refractivity contribution in [2.45, 2.75) is 64.1 Å². The lowest BCUT2D eigenvalue weighted by molar-refractivity contribution is -0.139. The van der Waals surface area contributed by atoms with Gasteiger partial charge in [0.1, 0.15) is 11.6 Å². The molecule has 182 valence electrons. The van der Waals surface area contributed by atoms with E-state index in [2.05, 4.69) is 5.32 Å². The topological polar surface area (TPSA) is 143 Å². The molecular formula is C26H33N3O5. The molecule has 4 N–H and O–H groups in total. The van der Waals surface area contributed by atoms with Crippen LogP contribution in [0.2, 0.25) is 0 Å². The molecular weight excluding hydrogens is 434 g/mol. The zero-order valence-corrected chi connectivity index (χ0v) is 19.9. The minimum absolute atomic E-state index is 0.0413. The van der Waals surface area contributed by atoms with Crippen LogP contribution in [0.15, 0.2) is 60.7 Å². The average Bonchev–Trinajstić information content (AvgIpc) is 2.77. The van der Waals surface area contributed by atoms with E-state index in [4.69, 9.17) is 20.8 Å². The van der Waals surface area contributed by atoms with Crippen LogP contribution in [-0.4, -0.2) is 40.6 Å². The summed E-state index contributed by atoms with van der Waals surface area (Å²) in [5.41, 5.74) is 6.97. The highest BCUT2D eigenvalue weighted by molar-refractivity contribution is 5.84. The second kappa shape index (κ2) is 14.4. The van der Waals surface area contributed by atoms with Crippen LogP contribution in [0, 0.1) is 11.3 Å². The number of nitrogens with zero attached hydrogens (tertiary/aromatic N) is 1. The molecule has 0 saturated heterocycles. The Morgan fingerprint density at radius 3 is 1.94 bits per heavy atom. The Kier molecular flexibility index (Phi) is 12.0. The lowest BCUT2D eigenvalue weighted by Gasteiger charge is -2.22. The molecule has 1 amide bonds. The van der Waals surface area contributed by atoms with E-state index in [0.29, 0.717) is 6.42 Å². The van der Waals surface area contributed by atoms with Crippen molar-refractivity contribution in [3.63, 3.8) is 0 Å². The average molecular weight is 468 g/mol. The fraction of sp³-hybridized carbons (Fsp3) is 0.385. The molecule has 0 bridgehead atoms. The molecule has 0 radical (unpaired) electrons. The molecule has 0 aromatic heterocycles. The number of carbonyl (C=O) groups is 3. The normalized spacial score (nSPS) is 12.2. The summed E-state index contributed by atoms with van der Waals surface area (Å²) in [7, 11) is 0. The number of rotatable bonds is 9. The molecule has 2 rings (SSSR count). The number of ether oxygens (including phenoxy) is 1. The number of aliphatic carboxylic acids is 1. The summed E-state index contributed by atoms with van der Waals surface area (Å²) in [6, 6.07) is 19.2. The maximum absolute atomic E-state index is 11.6. The molecule has 2 aromatic carbocycles. The van der Waals surface area contributed by atoms with E-state index in [1.807, 2.05) is 66.7 Å². The molecule has 0 heterocycles. The van der Waals surface area contributed by atoms with Crippen molar-refractivity contribution < 1.29 is 24.2 Å². The van der Waals surface area contributed by atoms with E-state index in [1.54, 1.807) is 20.8 Å². The van der Waals surface area contributed by atoms with Crippen LogP contribution in [0.5, 0.6) is 0 Å². The second-order valence-corrected chi connectivity index (χ2v) is 8.65. The van der Waals surface area contributed by atoms with Gasteiger partial charge in [0, 0.05) is 19.3 Å². The van der Waals surface area contributed by atoms with Crippen molar-refractivity contribution >= 4 is 17.8 Å². The number of carboxylic acids is 1. The SMILES string of the molecule is CC(C)(C)OC(=O)N[C@H](Cc1ccccc1)C(=O)O.N#CCCC(=O)[C@H](N)Cc1ccccc1. The third-order valence-electron chi connectivity index (χ3n) is 4.47. The number of hydrogen-bond donors (Lipinski definition) is 3. The van der Waals surface area contributed by atoms with Crippen molar-refractivity contribution in [2.24, 2.45) is 5.73 Å². The molecule has 0 fully saturated rings. The number of ketones is 1. The van der Waals surface area contributed by atoms with Gasteiger partial charge in [-0.25, -0.2) is 9.59 Å². The number of alkyl carbamates (subject to hydrolysis) is 1. The standard InChI is InChI=1S/C14H19NO4.C12H14N2O/c1-14(2,3)19-13(18)15-11(12(16)17)9-10-7-5-4-6-8-10;13-8-4-7-12(15)11(14)9-10-5-2-1-3-6-10/h4-8,11H,9H2,1-3H3,(H,15,18)(H,16,17);1-3,5-6,11H,4,7,9,14H2/t2*11-/m11/s1. The molecule has 8 heteroatoms. The second-order valence-electron chi connectivity index (χ2n) is 8.65. The number of carboxylic acid groups (broad SMARTS) is 1. The van der Waals surface area contributed by atoms with Gasteiger partial charge in [0.15, 0.2) is 5.78 Å². The Hall–Kier alpha value is -3.70. The number of benzene rings is 2. The highest BCUT2D eigenvalue weighted by atomic mass is 16.6. The summed E-state index contributed by atoms with van der Waals surface area (Å²) in [5.74, 6) is -1.13. The van der Waals surface area contributed by atoms with E-state index in [1.165, 1.54) is 0 Å². The van der Waals surface area contributed by atoms with Crippen LogP contribution in [0.1, 0.15) is 44.7 Å². The molecule has 2 aromatic rings. The maximum atomic E-state index is 11.6. The van der Waals surface area contributed by atoms with Crippen LogP contribution in [0.3, 0.4) is 0 Å². The monoisotopic (exact) mass is 467 g/mol. The highest BCUT2D eigenvalue weighted by Crippen LogP contribution is 2.09. The van der Waals surface area contributed by atoms with Gasteiger partial charge in [0.25, 0.3) is 0 Å². The van der Waals surface area contributed by atoms with Crippen LogP contribution in [0.4, 0.5) is 4.79 Å². The number of amides is 1. The Labute approximate surface area is 200 Å². The van der Waals surface area contributed by atoms with Crippen LogP contribution in [0.25, 0.3) is 0 Å².